The predicted octanol–water partition coefficient (Wildman–Crippen LogP) is -3.50. The second-order valence-corrected chi connectivity index (χ2v) is 2.91. The van der Waals surface area contributed by atoms with Crippen molar-refractivity contribution in [2.45, 2.75) is 24.4 Å². The number of hydrogen-bond donors (Lipinski definition) is 5. The quantitative estimate of drug-likeness (QED) is 0.319. The Labute approximate surface area is 82.6 Å². The van der Waals surface area contributed by atoms with Crippen molar-refractivity contribution in [3.63, 3.8) is 0 Å². The molecule has 0 bridgehead atoms. The van der Waals surface area contributed by atoms with Crippen molar-refractivity contribution in [2.75, 3.05) is 6.61 Å². The van der Waals surface area contributed by atoms with E-state index in [2.05, 4.69) is 16.0 Å². The zero-order valence-electron chi connectivity index (χ0n) is 6.46. The first-order valence-electron chi connectivity index (χ1n) is 3.40. The predicted molar refractivity (Wildman–Crippen MR) is 36.1 cm³/mol. The van der Waals surface area contributed by atoms with Crippen LogP contribution < -0.4 is 0 Å². The molecule has 13 heavy (non-hydrogen) atoms. The molecule has 0 saturated heterocycles. The molecular weight excluding hydrogens is 232 g/mol. The molecule has 0 rings (SSSR count). The number of rotatable bonds is 5. The fourth-order valence-corrected chi connectivity index (χ4v) is 0.804. The Morgan fingerprint density at radius 1 is 1.15 bits per heavy atom. The fraction of sp³-hybridized carbons (Fsp3) is 0.833. The Morgan fingerprint density at radius 2 is 1.62 bits per heavy atom. The molecule has 4 atom stereocenters. The molecule has 0 aliphatic carbocycles. The van der Waals surface area contributed by atoms with Crippen LogP contribution in [0.4, 0.5) is 0 Å². The minimum atomic E-state index is -1.95. The van der Waals surface area contributed by atoms with E-state index in [1.165, 1.54) is 0 Å². The molecule has 0 aliphatic rings. The normalized spacial score (nSPS) is 20.5. The number of carbonyl (C=O) groups is 1. The summed E-state index contributed by atoms with van der Waals surface area (Å²) < 4.78 is -1.16. The van der Waals surface area contributed by atoms with Gasteiger partial charge in [-0.15, -0.1) is 0 Å². The molecule has 0 spiro atoms. The third-order valence-electron chi connectivity index (χ3n) is 1.46. The Bertz CT molecular complexity index is 175. The van der Waals surface area contributed by atoms with Gasteiger partial charge >= 0.3 is 82.0 Å². The monoisotopic (exact) mass is 242 g/mol. The van der Waals surface area contributed by atoms with Gasteiger partial charge < -0.3 is 0 Å². The molecule has 0 fully saturated rings. The Morgan fingerprint density at radius 3 is 1.92 bits per heavy atom. The van der Waals surface area contributed by atoms with E-state index in [0.717, 1.165) is 0 Å². The van der Waals surface area contributed by atoms with Crippen LogP contribution in [0.2, 0.25) is 0 Å². The molecule has 0 unspecified atom stereocenters. The third-order valence-corrected chi connectivity index (χ3v) is 1.74. The van der Waals surface area contributed by atoms with Crippen LogP contribution >= 0.6 is 0 Å². The van der Waals surface area contributed by atoms with Gasteiger partial charge in [0.1, 0.15) is 0 Å². The van der Waals surface area contributed by atoms with Crippen molar-refractivity contribution in [1.82, 2.24) is 0 Å². The van der Waals surface area contributed by atoms with Crippen LogP contribution in [0.25, 0.3) is 0 Å². The molecule has 0 aliphatic heterocycles. The summed E-state index contributed by atoms with van der Waals surface area (Å²) in [4.78, 5) is 10.3. The third kappa shape index (κ3) is 3.70. The van der Waals surface area contributed by atoms with Crippen molar-refractivity contribution in [1.29, 1.82) is 0 Å². The first-order valence-corrected chi connectivity index (χ1v) is 3.87. The molecule has 5 N–H and O–H groups in total. The van der Waals surface area contributed by atoms with Gasteiger partial charge in [-0.1, -0.05) is 0 Å². The van der Waals surface area contributed by atoms with Crippen molar-refractivity contribution < 1.29 is 46.3 Å². The van der Waals surface area contributed by atoms with Crippen LogP contribution in [0.1, 0.15) is 0 Å². The van der Waals surface area contributed by atoms with Gasteiger partial charge in [0, 0.05) is 0 Å². The van der Waals surface area contributed by atoms with Gasteiger partial charge in [0.05, 0.1) is 0 Å². The summed E-state index contributed by atoms with van der Waals surface area (Å²) in [5.74, 6) is 0. The first kappa shape index (κ1) is 13.0. The Balaban J connectivity index is 4.24. The number of aliphatic hydroxyl groups is 5. The molecule has 0 aromatic rings. The van der Waals surface area contributed by atoms with Gasteiger partial charge in [0.25, 0.3) is 0 Å². The minimum absolute atomic E-state index is 0.797. The van der Waals surface area contributed by atoms with Crippen LogP contribution in [0, 0.1) is 0 Å². The van der Waals surface area contributed by atoms with Crippen LogP contribution in [0.5, 0.6) is 0 Å². The van der Waals surface area contributed by atoms with E-state index in [1.807, 2.05) is 0 Å². The first-order chi connectivity index (χ1) is 5.91. The molecule has 7 heteroatoms. The van der Waals surface area contributed by atoms with Crippen molar-refractivity contribution in [3.8, 4) is 0 Å². The summed E-state index contributed by atoms with van der Waals surface area (Å²) in [6.45, 7) is -0.797. The molecule has 0 radical (unpaired) electrons. The summed E-state index contributed by atoms with van der Waals surface area (Å²) in [6.07, 6.45) is -7.29. The summed E-state index contributed by atoms with van der Waals surface area (Å²) in [5, 5.41) is 44.0. The summed E-state index contributed by atoms with van der Waals surface area (Å²) in [7, 11) is 0. The van der Waals surface area contributed by atoms with Gasteiger partial charge in [-0.05, 0) is 0 Å². The van der Waals surface area contributed by atoms with Gasteiger partial charge in [-0.3, -0.25) is 0 Å². The average Bonchev–Trinajstić information content (AvgIpc) is 2.12. The Hall–Kier alpha value is -0.0105. The van der Waals surface area contributed by atoms with Crippen LogP contribution in [-0.4, -0.2) is 61.2 Å². The van der Waals surface area contributed by atoms with Crippen molar-refractivity contribution in [2.24, 2.45) is 0 Å². The standard InChI is InChI=1S/C6H11O6.Cu/c7-1-3(9)5(11)6(12)4(10)2-8;/h3-7,9-12H,1H2;/t3-,4+,5-,6-;/m1./s1. The summed E-state index contributed by atoms with van der Waals surface area (Å²) in [5.41, 5.74) is 0. The van der Waals surface area contributed by atoms with Crippen LogP contribution in [0.3, 0.4) is 0 Å². The van der Waals surface area contributed by atoms with Gasteiger partial charge in [-0.2, -0.15) is 0 Å². The topological polar surface area (TPSA) is 118 Å². The molecule has 6 nitrogen and oxygen atoms in total. The molecule has 0 aromatic carbocycles. The van der Waals surface area contributed by atoms with Crippen molar-refractivity contribution in [3.05, 3.63) is 0 Å². The molecule has 0 saturated carbocycles. The van der Waals surface area contributed by atoms with E-state index in [9.17, 15) is 4.79 Å². The van der Waals surface area contributed by atoms with E-state index >= 15 is 0 Å². The second kappa shape index (κ2) is 5.66. The molecule has 82 valence electrons. The molecule has 0 aromatic heterocycles. The van der Waals surface area contributed by atoms with E-state index in [-0.39, 0.29) is 0 Å². The number of carbonyl (C=O) groups excluding carboxylic acids is 1. The fourth-order valence-electron chi connectivity index (χ4n) is 0.644. The second-order valence-electron chi connectivity index (χ2n) is 2.44. The molecular formula is C6H11CuO6. The van der Waals surface area contributed by atoms with E-state index in [0.29, 0.717) is 0 Å². The van der Waals surface area contributed by atoms with Gasteiger partial charge in [0.15, 0.2) is 0 Å². The van der Waals surface area contributed by atoms with Crippen LogP contribution in [-0.2, 0) is 20.8 Å². The maximum atomic E-state index is 10.3. The maximum absolute atomic E-state index is 10.3. The molecule has 0 heterocycles. The zero-order valence-corrected chi connectivity index (χ0v) is 7.40. The van der Waals surface area contributed by atoms with E-state index < -0.39 is 35.7 Å². The number of hydrogen-bond acceptors (Lipinski definition) is 6. The van der Waals surface area contributed by atoms with Gasteiger partial charge in [0.2, 0.25) is 0 Å². The van der Waals surface area contributed by atoms with Crippen molar-refractivity contribution >= 4 is 4.68 Å². The summed E-state index contributed by atoms with van der Waals surface area (Å²) >= 11 is 4.16. The Kier molecular flexibility index (Phi) is 5.66. The SMILES string of the molecule is O=[C]([Cu])[C@H](O)[C@@H](O)[C@H](O)[C@H](O)CO. The van der Waals surface area contributed by atoms with Gasteiger partial charge in [-0.25, -0.2) is 0 Å². The van der Waals surface area contributed by atoms with E-state index in [1.54, 1.807) is 0 Å². The summed E-state index contributed by atoms with van der Waals surface area (Å²) in [6, 6.07) is 0. The zero-order chi connectivity index (χ0) is 10.6. The number of aliphatic hydroxyl groups excluding tert-OH is 5. The van der Waals surface area contributed by atoms with E-state index in [4.69, 9.17) is 25.5 Å². The molecule has 0 amide bonds. The average molecular weight is 243 g/mol. The van der Waals surface area contributed by atoms with Crippen LogP contribution in [0.15, 0.2) is 0 Å².